The third-order valence-corrected chi connectivity index (χ3v) is 4.03. The number of nitrogens with one attached hydrogen (secondary N) is 3. The first-order valence-corrected chi connectivity index (χ1v) is 8.44. The summed E-state index contributed by atoms with van der Waals surface area (Å²) in [6.45, 7) is 2.29. The van der Waals surface area contributed by atoms with Crippen LogP contribution in [0.25, 0.3) is 0 Å². The summed E-state index contributed by atoms with van der Waals surface area (Å²) in [6.07, 6.45) is 2.86. The van der Waals surface area contributed by atoms with Gasteiger partial charge in [0.1, 0.15) is 5.82 Å². The standard InChI is InChI=1S/C17H24N4O4/c1-11(17(24)25)9-19-15(23)10-20-14(22)7-6-13-5-4-12-3-2-8-18-16(12)21-13/h4-5,11H,2-3,6-10H2,1H3,(H,18,21)(H,19,23)(H,20,22)(H,24,25)/t11-/m1/s1. The number of nitrogens with zero attached hydrogens (tertiary/aromatic N) is 1. The number of rotatable bonds is 8. The maximum Gasteiger partial charge on any atom is 0.308 e. The molecule has 136 valence electrons. The number of anilines is 1. The van der Waals surface area contributed by atoms with Crippen LogP contribution >= 0.6 is 0 Å². The molecule has 8 heteroatoms. The molecule has 0 aromatic carbocycles. The van der Waals surface area contributed by atoms with Crippen molar-refractivity contribution < 1.29 is 19.5 Å². The Morgan fingerprint density at radius 1 is 1.28 bits per heavy atom. The Balaban J connectivity index is 1.68. The van der Waals surface area contributed by atoms with E-state index in [1.807, 2.05) is 12.1 Å². The van der Waals surface area contributed by atoms with Crippen LogP contribution in [0, 0.1) is 5.92 Å². The van der Waals surface area contributed by atoms with Gasteiger partial charge in [-0.3, -0.25) is 14.4 Å². The summed E-state index contributed by atoms with van der Waals surface area (Å²) in [5.41, 5.74) is 2.04. The highest BCUT2D eigenvalue weighted by Crippen LogP contribution is 2.20. The number of hydrogen-bond acceptors (Lipinski definition) is 5. The topological polar surface area (TPSA) is 120 Å². The molecule has 0 unspecified atom stereocenters. The third kappa shape index (κ3) is 6.06. The van der Waals surface area contributed by atoms with Gasteiger partial charge in [0.05, 0.1) is 12.5 Å². The van der Waals surface area contributed by atoms with Crippen LogP contribution in [-0.4, -0.2) is 47.5 Å². The molecular formula is C17H24N4O4. The summed E-state index contributed by atoms with van der Waals surface area (Å²) in [5.74, 6) is -1.39. The fourth-order valence-electron chi connectivity index (χ4n) is 2.43. The summed E-state index contributed by atoms with van der Waals surface area (Å²) in [4.78, 5) is 38.6. The molecule has 0 saturated carbocycles. The van der Waals surface area contributed by atoms with Gasteiger partial charge in [-0.25, -0.2) is 4.98 Å². The monoisotopic (exact) mass is 348 g/mol. The predicted molar refractivity (Wildman–Crippen MR) is 92.2 cm³/mol. The van der Waals surface area contributed by atoms with E-state index in [0.717, 1.165) is 30.9 Å². The van der Waals surface area contributed by atoms with Crippen LogP contribution in [0.2, 0.25) is 0 Å². The molecule has 0 aliphatic carbocycles. The molecule has 1 aliphatic heterocycles. The van der Waals surface area contributed by atoms with Crippen LogP contribution in [-0.2, 0) is 27.2 Å². The van der Waals surface area contributed by atoms with E-state index in [4.69, 9.17) is 5.11 Å². The summed E-state index contributed by atoms with van der Waals surface area (Å²) in [7, 11) is 0. The van der Waals surface area contributed by atoms with Gasteiger partial charge in [0.25, 0.3) is 0 Å². The van der Waals surface area contributed by atoms with Crippen molar-refractivity contribution in [1.82, 2.24) is 15.6 Å². The quantitative estimate of drug-likeness (QED) is 0.537. The average molecular weight is 348 g/mol. The fraction of sp³-hybridized carbons (Fsp3) is 0.529. The van der Waals surface area contributed by atoms with E-state index in [-0.39, 0.29) is 25.4 Å². The Hall–Kier alpha value is -2.64. The molecule has 4 N–H and O–H groups in total. The number of fused-ring (bicyclic) bond motifs is 1. The summed E-state index contributed by atoms with van der Waals surface area (Å²) in [5, 5.41) is 17.0. The molecule has 8 nitrogen and oxygen atoms in total. The Morgan fingerprint density at radius 2 is 2.08 bits per heavy atom. The first-order valence-electron chi connectivity index (χ1n) is 8.44. The van der Waals surface area contributed by atoms with Crippen molar-refractivity contribution in [2.45, 2.75) is 32.6 Å². The molecule has 0 fully saturated rings. The van der Waals surface area contributed by atoms with Crippen LogP contribution in [0.3, 0.4) is 0 Å². The molecular weight excluding hydrogens is 324 g/mol. The first-order chi connectivity index (χ1) is 12.0. The van der Waals surface area contributed by atoms with Crippen LogP contribution < -0.4 is 16.0 Å². The number of carboxylic acid groups (broad SMARTS) is 1. The van der Waals surface area contributed by atoms with Gasteiger partial charge in [0.2, 0.25) is 11.8 Å². The zero-order chi connectivity index (χ0) is 18.2. The van der Waals surface area contributed by atoms with Crippen LogP contribution in [0.4, 0.5) is 5.82 Å². The second-order valence-corrected chi connectivity index (χ2v) is 6.16. The van der Waals surface area contributed by atoms with Crippen LogP contribution in [0.5, 0.6) is 0 Å². The van der Waals surface area contributed by atoms with Gasteiger partial charge in [-0.05, 0) is 30.9 Å². The summed E-state index contributed by atoms with van der Waals surface area (Å²) in [6, 6.07) is 3.97. The second kappa shape index (κ2) is 9.00. The van der Waals surface area contributed by atoms with Gasteiger partial charge in [0.15, 0.2) is 0 Å². The van der Waals surface area contributed by atoms with E-state index in [0.29, 0.717) is 6.42 Å². The first kappa shape index (κ1) is 18.7. The van der Waals surface area contributed by atoms with Crippen molar-refractivity contribution >= 4 is 23.6 Å². The van der Waals surface area contributed by atoms with Gasteiger partial charge in [0, 0.05) is 25.2 Å². The third-order valence-electron chi connectivity index (χ3n) is 4.03. The van der Waals surface area contributed by atoms with Crippen LogP contribution in [0.1, 0.15) is 31.0 Å². The minimum Gasteiger partial charge on any atom is -0.481 e. The van der Waals surface area contributed by atoms with Crippen molar-refractivity contribution in [3.05, 3.63) is 23.4 Å². The number of carbonyl (C=O) groups excluding carboxylic acids is 2. The number of aliphatic carboxylic acids is 1. The molecule has 0 bridgehead atoms. The highest BCUT2D eigenvalue weighted by Gasteiger charge is 2.13. The van der Waals surface area contributed by atoms with Gasteiger partial charge in [-0.2, -0.15) is 0 Å². The van der Waals surface area contributed by atoms with Gasteiger partial charge < -0.3 is 21.1 Å². The number of amides is 2. The van der Waals surface area contributed by atoms with Crippen molar-refractivity contribution in [2.24, 2.45) is 5.92 Å². The molecule has 0 spiro atoms. The van der Waals surface area contributed by atoms with E-state index in [9.17, 15) is 14.4 Å². The van der Waals surface area contributed by atoms with E-state index in [2.05, 4.69) is 20.9 Å². The Morgan fingerprint density at radius 3 is 2.84 bits per heavy atom. The van der Waals surface area contributed by atoms with Crippen molar-refractivity contribution in [1.29, 1.82) is 0 Å². The molecule has 2 rings (SSSR count). The number of aryl methyl sites for hydroxylation is 2. The van der Waals surface area contributed by atoms with Crippen molar-refractivity contribution in [2.75, 3.05) is 25.0 Å². The Kier molecular flexibility index (Phi) is 6.73. The Bertz CT molecular complexity index is 648. The number of aromatic nitrogens is 1. The summed E-state index contributed by atoms with van der Waals surface area (Å²) < 4.78 is 0. The van der Waals surface area contributed by atoms with E-state index < -0.39 is 17.8 Å². The SMILES string of the molecule is C[C@H](CNC(=O)CNC(=O)CCc1ccc2c(n1)NCCC2)C(=O)O. The highest BCUT2D eigenvalue weighted by molar-refractivity contribution is 5.85. The lowest BCUT2D eigenvalue weighted by molar-refractivity contribution is -0.141. The zero-order valence-corrected chi connectivity index (χ0v) is 14.3. The molecule has 2 amide bonds. The number of carboxylic acids is 1. The van der Waals surface area contributed by atoms with Crippen molar-refractivity contribution in [3.8, 4) is 0 Å². The van der Waals surface area contributed by atoms with Gasteiger partial charge >= 0.3 is 5.97 Å². The summed E-state index contributed by atoms with van der Waals surface area (Å²) >= 11 is 0. The maximum atomic E-state index is 11.8. The number of hydrogen-bond donors (Lipinski definition) is 4. The Labute approximate surface area is 146 Å². The lowest BCUT2D eigenvalue weighted by Gasteiger charge is -2.17. The second-order valence-electron chi connectivity index (χ2n) is 6.16. The molecule has 1 aromatic heterocycles. The molecule has 1 aromatic rings. The maximum absolute atomic E-state index is 11.8. The lowest BCUT2D eigenvalue weighted by atomic mass is 10.1. The smallest absolute Gasteiger partial charge is 0.308 e. The van der Waals surface area contributed by atoms with Crippen molar-refractivity contribution in [3.63, 3.8) is 0 Å². The predicted octanol–water partition coefficient (Wildman–Crippen LogP) is 0.325. The minimum atomic E-state index is -0.976. The molecule has 0 saturated heterocycles. The molecule has 25 heavy (non-hydrogen) atoms. The molecule has 0 radical (unpaired) electrons. The zero-order valence-electron chi connectivity index (χ0n) is 14.3. The minimum absolute atomic E-state index is 0.0378. The van der Waals surface area contributed by atoms with Gasteiger partial charge in [-0.15, -0.1) is 0 Å². The van der Waals surface area contributed by atoms with Crippen LogP contribution in [0.15, 0.2) is 12.1 Å². The fourth-order valence-corrected chi connectivity index (χ4v) is 2.43. The van der Waals surface area contributed by atoms with E-state index in [1.165, 1.54) is 12.5 Å². The lowest BCUT2D eigenvalue weighted by Crippen LogP contribution is -2.39. The molecule has 1 atom stereocenters. The van der Waals surface area contributed by atoms with E-state index >= 15 is 0 Å². The highest BCUT2D eigenvalue weighted by atomic mass is 16.4. The van der Waals surface area contributed by atoms with E-state index in [1.54, 1.807) is 0 Å². The van der Waals surface area contributed by atoms with Gasteiger partial charge in [-0.1, -0.05) is 13.0 Å². The normalized spacial score (nSPS) is 14.0. The average Bonchev–Trinajstić information content (AvgIpc) is 2.62. The largest absolute Gasteiger partial charge is 0.481 e. The number of pyridine rings is 1. The number of carbonyl (C=O) groups is 3. The molecule has 2 heterocycles. The molecule has 1 aliphatic rings.